The molecular weight excluding hydrogens is 148 g/mol. The van der Waals surface area contributed by atoms with Gasteiger partial charge in [0.25, 0.3) is 0 Å². The van der Waals surface area contributed by atoms with E-state index in [0.717, 1.165) is 0 Å². The number of hydrogen-bond donors (Lipinski definition) is 1. The fourth-order valence-corrected chi connectivity index (χ4v) is 1.85. The molecular formula is C6H16N2OS. The van der Waals surface area contributed by atoms with E-state index in [2.05, 4.69) is 4.36 Å². The SMILES string of the molecule is CC(C)(C)N=S(C)(=O)CN. The predicted octanol–water partition coefficient (Wildman–Crippen LogP) is 0.799. The van der Waals surface area contributed by atoms with Crippen molar-refractivity contribution in [2.45, 2.75) is 26.3 Å². The van der Waals surface area contributed by atoms with Crippen LogP contribution in [0.3, 0.4) is 0 Å². The zero-order valence-corrected chi connectivity index (χ0v) is 7.86. The molecule has 0 rings (SSSR count). The highest BCUT2D eigenvalue weighted by Gasteiger charge is 2.09. The molecule has 0 bridgehead atoms. The fourth-order valence-electron chi connectivity index (χ4n) is 0.617. The van der Waals surface area contributed by atoms with E-state index in [1.54, 1.807) is 6.26 Å². The number of nitrogens with zero attached hydrogens (tertiary/aromatic N) is 1. The quantitative estimate of drug-likeness (QED) is 0.623. The number of hydrogen-bond acceptors (Lipinski definition) is 3. The number of rotatable bonds is 1. The van der Waals surface area contributed by atoms with Gasteiger partial charge in [-0.3, -0.25) is 0 Å². The third kappa shape index (κ3) is 4.76. The van der Waals surface area contributed by atoms with E-state index >= 15 is 0 Å². The summed E-state index contributed by atoms with van der Waals surface area (Å²) in [7, 11) is -2.12. The van der Waals surface area contributed by atoms with Crippen molar-refractivity contribution in [2.24, 2.45) is 10.1 Å². The van der Waals surface area contributed by atoms with Crippen LogP contribution in [0.4, 0.5) is 0 Å². The summed E-state index contributed by atoms with van der Waals surface area (Å²) >= 11 is 0. The van der Waals surface area contributed by atoms with Crippen molar-refractivity contribution in [3.63, 3.8) is 0 Å². The van der Waals surface area contributed by atoms with Crippen LogP contribution >= 0.6 is 0 Å². The van der Waals surface area contributed by atoms with Gasteiger partial charge >= 0.3 is 0 Å². The highest BCUT2D eigenvalue weighted by molar-refractivity contribution is 7.92. The van der Waals surface area contributed by atoms with Gasteiger partial charge in [0.2, 0.25) is 0 Å². The van der Waals surface area contributed by atoms with E-state index in [9.17, 15) is 4.21 Å². The molecule has 10 heavy (non-hydrogen) atoms. The third-order valence-corrected chi connectivity index (χ3v) is 2.33. The van der Waals surface area contributed by atoms with E-state index in [-0.39, 0.29) is 11.4 Å². The second-order valence-corrected chi connectivity index (χ2v) is 5.82. The molecule has 0 saturated heterocycles. The largest absolute Gasteiger partial charge is 0.319 e. The van der Waals surface area contributed by atoms with Gasteiger partial charge in [-0.05, 0) is 20.8 Å². The Hall–Kier alpha value is -0.0900. The second kappa shape index (κ2) is 2.88. The Balaban J connectivity index is 4.62. The second-order valence-electron chi connectivity index (χ2n) is 3.39. The fraction of sp³-hybridized carbons (Fsp3) is 1.00. The Kier molecular flexibility index (Phi) is 2.86. The molecule has 0 radical (unpaired) electrons. The molecule has 0 spiro atoms. The van der Waals surface area contributed by atoms with Gasteiger partial charge in [-0.2, -0.15) is 0 Å². The maximum absolute atomic E-state index is 11.3. The summed E-state index contributed by atoms with van der Waals surface area (Å²) in [5, 5.41) is 0. The summed E-state index contributed by atoms with van der Waals surface area (Å²) in [5.74, 6) is 0.143. The molecule has 0 heterocycles. The van der Waals surface area contributed by atoms with Crippen LogP contribution in [0, 0.1) is 0 Å². The molecule has 0 aromatic carbocycles. The van der Waals surface area contributed by atoms with E-state index < -0.39 is 9.73 Å². The summed E-state index contributed by atoms with van der Waals surface area (Å²) < 4.78 is 15.3. The first-order valence-corrected chi connectivity index (χ1v) is 5.27. The Morgan fingerprint density at radius 2 is 1.90 bits per heavy atom. The van der Waals surface area contributed by atoms with Crippen molar-refractivity contribution in [3.05, 3.63) is 0 Å². The molecule has 0 fully saturated rings. The Morgan fingerprint density at radius 3 is 2.00 bits per heavy atom. The maximum Gasteiger partial charge on any atom is 0.0778 e. The van der Waals surface area contributed by atoms with Gasteiger partial charge in [-0.1, -0.05) is 0 Å². The van der Waals surface area contributed by atoms with Crippen molar-refractivity contribution < 1.29 is 4.21 Å². The lowest BCUT2D eigenvalue weighted by molar-refractivity contribution is 0.582. The molecule has 1 atom stereocenters. The van der Waals surface area contributed by atoms with Crippen molar-refractivity contribution in [1.29, 1.82) is 0 Å². The van der Waals surface area contributed by atoms with Gasteiger partial charge in [0.15, 0.2) is 0 Å². The monoisotopic (exact) mass is 164 g/mol. The van der Waals surface area contributed by atoms with E-state index in [1.807, 2.05) is 20.8 Å². The highest BCUT2D eigenvalue weighted by atomic mass is 32.2. The van der Waals surface area contributed by atoms with Crippen molar-refractivity contribution >= 4 is 9.73 Å². The zero-order chi connectivity index (χ0) is 8.41. The van der Waals surface area contributed by atoms with Crippen molar-refractivity contribution in [2.75, 3.05) is 12.1 Å². The van der Waals surface area contributed by atoms with E-state index in [1.165, 1.54) is 0 Å². The standard InChI is InChI=1S/C6H16N2OS/c1-6(2,3)8-10(4,9)5-7/h5,7H2,1-4H3. The Morgan fingerprint density at radius 1 is 1.50 bits per heavy atom. The predicted molar refractivity (Wildman–Crippen MR) is 45.3 cm³/mol. The topological polar surface area (TPSA) is 55.5 Å². The van der Waals surface area contributed by atoms with Crippen LogP contribution < -0.4 is 5.73 Å². The van der Waals surface area contributed by atoms with Gasteiger partial charge in [0.1, 0.15) is 0 Å². The molecule has 0 aliphatic rings. The van der Waals surface area contributed by atoms with Gasteiger partial charge in [-0.15, -0.1) is 0 Å². The molecule has 0 aliphatic heterocycles. The van der Waals surface area contributed by atoms with Crippen LogP contribution in [-0.4, -0.2) is 21.9 Å². The number of nitrogens with two attached hydrogens (primary N) is 1. The van der Waals surface area contributed by atoms with Crippen LogP contribution in [-0.2, 0) is 9.73 Å². The summed E-state index contributed by atoms with van der Waals surface area (Å²) in [6, 6.07) is 0. The normalized spacial score (nSPS) is 18.1. The average molecular weight is 164 g/mol. The van der Waals surface area contributed by atoms with Gasteiger partial charge in [-0.25, -0.2) is 8.57 Å². The van der Waals surface area contributed by atoms with Crippen molar-refractivity contribution in [3.8, 4) is 0 Å². The molecule has 0 aliphatic carbocycles. The molecule has 3 nitrogen and oxygen atoms in total. The summed E-state index contributed by atoms with van der Waals surface area (Å²) in [6.45, 7) is 5.73. The zero-order valence-electron chi connectivity index (χ0n) is 7.05. The van der Waals surface area contributed by atoms with Gasteiger partial charge < -0.3 is 5.73 Å². The summed E-state index contributed by atoms with van der Waals surface area (Å²) in [4.78, 5) is 0. The third-order valence-electron chi connectivity index (χ3n) is 0.776. The lowest BCUT2D eigenvalue weighted by Crippen LogP contribution is -2.19. The summed E-state index contributed by atoms with van der Waals surface area (Å²) in [5.41, 5.74) is 5.00. The molecule has 0 saturated carbocycles. The minimum Gasteiger partial charge on any atom is -0.319 e. The van der Waals surface area contributed by atoms with Crippen LogP contribution in [0.5, 0.6) is 0 Å². The highest BCUT2D eigenvalue weighted by Crippen LogP contribution is 2.08. The van der Waals surface area contributed by atoms with E-state index in [0.29, 0.717) is 0 Å². The molecule has 0 aromatic heterocycles. The minimum absolute atomic E-state index is 0.143. The molecule has 0 aromatic rings. The van der Waals surface area contributed by atoms with Crippen LogP contribution in [0.1, 0.15) is 20.8 Å². The Labute approximate surface area is 63.2 Å². The van der Waals surface area contributed by atoms with Crippen LogP contribution in [0.15, 0.2) is 4.36 Å². The smallest absolute Gasteiger partial charge is 0.0778 e. The van der Waals surface area contributed by atoms with Crippen molar-refractivity contribution in [1.82, 2.24) is 0 Å². The van der Waals surface area contributed by atoms with Gasteiger partial charge in [0, 0.05) is 6.26 Å². The average Bonchev–Trinajstić information content (AvgIpc) is 1.60. The first kappa shape index (κ1) is 9.91. The summed E-state index contributed by atoms with van der Waals surface area (Å²) in [6.07, 6.45) is 1.58. The van der Waals surface area contributed by atoms with Crippen LogP contribution in [0.2, 0.25) is 0 Å². The minimum atomic E-state index is -2.12. The van der Waals surface area contributed by atoms with Crippen LogP contribution in [0.25, 0.3) is 0 Å². The Bertz CT molecular complexity index is 208. The van der Waals surface area contributed by atoms with Gasteiger partial charge in [0.05, 0.1) is 21.1 Å². The lowest BCUT2D eigenvalue weighted by atomic mass is 10.1. The molecule has 1 unspecified atom stereocenters. The maximum atomic E-state index is 11.3. The molecule has 4 heteroatoms. The molecule has 62 valence electrons. The molecule has 2 N–H and O–H groups in total. The lowest BCUT2D eigenvalue weighted by Gasteiger charge is -2.13. The molecule has 0 amide bonds. The first-order valence-electron chi connectivity index (χ1n) is 3.18. The van der Waals surface area contributed by atoms with E-state index in [4.69, 9.17) is 5.73 Å². The first-order chi connectivity index (χ1) is 4.27.